The maximum atomic E-state index is 8.78. The molecular formula is C11H7ClN2O. The largest absolute Gasteiger partial charge is 0.497 e. The number of halogens is 1. The van der Waals surface area contributed by atoms with Gasteiger partial charge in [-0.15, -0.1) is 0 Å². The van der Waals surface area contributed by atoms with Crippen LogP contribution in [0.5, 0.6) is 5.75 Å². The molecule has 0 bridgehead atoms. The van der Waals surface area contributed by atoms with E-state index in [1.54, 1.807) is 25.3 Å². The van der Waals surface area contributed by atoms with Gasteiger partial charge in [0.25, 0.3) is 0 Å². The fourth-order valence-electron chi connectivity index (χ4n) is 1.34. The van der Waals surface area contributed by atoms with E-state index in [-0.39, 0.29) is 0 Å². The summed E-state index contributed by atoms with van der Waals surface area (Å²) in [7, 11) is 1.59. The van der Waals surface area contributed by atoms with Gasteiger partial charge in [0.2, 0.25) is 0 Å². The highest BCUT2D eigenvalue weighted by Crippen LogP contribution is 2.27. The van der Waals surface area contributed by atoms with Crippen molar-refractivity contribution in [3.8, 4) is 11.8 Å². The first kappa shape index (κ1) is 9.75. The normalized spacial score (nSPS) is 9.93. The Balaban J connectivity index is 2.75. The number of methoxy groups -OCH3 is 1. The van der Waals surface area contributed by atoms with Gasteiger partial charge in [-0.25, -0.2) is 0 Å². The summed E-state index contributed by atoms with van der Waals surface area (Å²) in [6, 6.07) is 7.36. The van der Waals surface area contributed by atoms with Crippen molar-refractivity contribution in [3.63, 3.8) is 0 Å². The van der Waals surface area contributed by atoms with Crippen LogP contribution in [-0.2, 0) is 0 Å². The van der Waals surface area contributed by atoms with Gasteiger partial charge in [-0.1, -0.05) is 11.6 Å². The van der Waals surface area contributed by atoms with Crippen LogP contribution in [0.25, 0.3) is 10.9 Å². The van der Waals surface area contributed by atoms with Gasteiger partial charge in [-0.2, -0.15) is 5.26 Å². The molecule has 0 N–H and O–H groups in total. The summed E-state index contributed by atoms with van der Waals surface area (Å²) in [5.74, 6) is 0.718. The topological polar surface area (TPSA) is 45.9 Å². The quantitative estimate of drug-likeness (QED) is 0.740. The minimum Gasteiger partial charge on any atom is -0.497 e. The van der Waals surface area contributed by atoms with Crippen LogP contribution in [0.15, 0.2) is 24.4 Å². The van der Waals surface area contributed by atoms with Crippen LogP contribution in [-0.4, -0.2) is 12.1 Å². The standard InChI is InChI=1S/C11H7ClN2O/c1-15-8-2-3-9-10(4-8)14-6-7(5-13)11(9)12/h2-4,6H,1H3. The lowest BCUT2D eigenvalue weighted by Crippen LogP contribution is -1.87. The van der Waals surface area contributed by atoms with Crippen molar-refractivity contribution in [1.82, 2.24) is 4.98 Å². The van der Waals surface area contributed by atoms with Gasteiger partial charge in [-0.05, 0) is 12.1 Å². The molecule has 0 radical (unpaired) electrons. The van der Waals surface area contributed by atoms with E-state index in [4.69, 9.17) is 21.6 Å². The van der Waals surface area contributed by atoms with Crippen LogP contribution in [0.1, 0.15) is 5.56 Å². The summed E-state index contributed by atoms with van der Waals surface area (Å²) in [4.78, 5) is 4.13. The molecule has 0 spiro atoms. The first-order valence-corrected chi connectivity index (χ1v) is 4.66. The fourth-order valence-corrected chi connectivity index (χ4v) is 1.60. The van der Waals surface area contributed by atoms with Crippen LogP contribution in [0.4, 0.5) is 0 Å². The SMILES string of the molecule is COc1ccc2c(Cl)c(C#N)cnc2c1. The van der Waals surface area contributed by atoms with E-state index in [2.05, 4.69) is 4.98 Å². The molecule has 0 aliphatic heterocycles. The Morgan fingerprint density at radius 2 is 2.27 bits per heavy atom. The Labute approximate surface area is 91.9 Å². The van der Waals surface area contributed by atoms with Crippen molar-refractivity contribution >= 4 is 22.5 Å². The molecule has 0 unspecified atom stereocenters. The van der Waals surface area contributed by atoms with Gasteiger partial charge in [-0.3, -0.25) is 4.98 Å². The van der Waals surface area contributed by atoms with Crippen molar-refractivity contribution in [1.29, 1.82) is 5.26 Å². The number of hydrogen-bond donors (Lipinski definition) is 0. The summed E-state index contributed by atoms with van der Waals surface area (Å²) >= 11 is 6.03. The number of nitrogens with zero attached hydrogens (tertiary/aromatic N) is 2. The van der Waals surface area contributed by atoms with Crippen LogP contribution in [0.2, 0.25) is 5.02 Å². The van der Waals surface area contributed by atoms with Gasteiger partial charge in [0.15, 0.2) is 0 Å². The predicted octanol–water partition coefficient (Wildman–Crippen LogP) is 2.77. The zero-order valence-corrected chi connectivity index (χ0v) is 8.75. The number of hydrogen-bond acceptors (Lipinski definition) is 3. The number of ether oxygens (including phenoxy) is 1. The lowest BCUT2D eigenvalue weighted by atomic mass is 10.1. The molecule has 0 aliphatic carbocycles. The molecule has 0 saturated carbocycles. The fraction of sp³-hybridized carbons (Fsp3) is 0.0909. The highest BCUT2D eigenvalue weighted by molar-refractivity contribution is 6.36. The van der Waals surface area contributed by atoms with Crippen LogP contribution >= 0.6 is 11.6 Å². The molecule has 74 valence electrons. The van der Waals surface area contributed by atoms with Gasteiger partial charge in [0.1, 0.15) is 11.8 Å². The molecular weight excluding hydrogens is 212 g/mol. The molecule has 0 aliphatic rings. The average Bonchev–Trinajstić information content (AvgIpc) is 2.29. The molecule has 0 atom stereocenters. The number of pyridine rings is 1. The Kier molecular flexibility index (Phi) is 2.44. The molecule has 0 fully saturated rings. The van der Waals surface area contributed by atoms with Gasteiger partial charge in [0.05, 0.1) is 23.2 Å². The molecule has 1 heterocycles. The average molecular weight is 219 g/mol. The molecule has 4 heteroatoms. The van der Waals surface area contributed by atoms with E-state index in [9.17, 15) is 0 Å². The van der Waals surface area contributed by atoms with E-state index < -0.39 is 0 Å². The third kappa shape index (κ3) is 1.60. The number of nitriles is 1. The Bertz CT molecular complexity index is 560. The van der Waals surface area contributed by atoms with E-state index in [1.165, 1.54) is 6.20 Å². The first-order chi connectivity index (χ1) is 7.26. The number of benzene rings is 1. The summed E-state index contributed by atoms with van der Waals surface area (Å²) in [5.41, 5.74) is 1.10. The monoisotopic (exact) mass is 218 g/mol. The number of rotatable bonds is 1. The molecule has 15 heavy (non-hydrogen) atoms. The Hall–Kier alpha value is -1.79. The second-order valence-electron chi connectivity index (χ2n) is 2.98. The Morgan fingerprint density at radius 1 is 1.47 bits per heavy atom. The van der Waals surface area contributed by atoms with Gasteiger partial charge >= 0.3 is 0 Å². The number of fused-ring (bicyclic) bond motifs is 1. The van der Waals surface area contributed by atoms with Crippen molar-refractivity contribution < 1.29 is 4.74 Å². The highest BCUT2D eigenvalue weighted by Gasteiger charge is 2.06. The first-order valence-electron chi connectivity index (χ1n) is 4.28. The molecule has 2 rings (SSSR count). The minimum atomic E-state index is 0.384. The van der Waals surface area contributed by atoms with Crippen LogP contribution < -0.4 is 4.74 Å². The lowest BCUT2D eigenvalue weighted by Gasteiger charge is -2.03. The molecule has 0 amide bonds. The van der Waals surface area contributed by atoms with Crippen molar-refractivity contribution in [2.24, 2.45) is 0 Å². The summed E-state index contributed by atoms with van der Waals surface area (Å²) in [6.07, 6.45) is 1.46. The van der Waals surface area contributed by atoms with Crippen LogP contribution in [0, 0.1) is 11.3 Å². The maximum Gasteiger partial charge on any atom is 0.121 e. The summed E-state index contributed by atoms with van der Waals surface area (Å²) in [6.45, 7) is 0. The van der Waals surface area contributed by atoms with Crippen molar-refractivity contribution in [2.75, 3.05) is 7.11 Å². The van der Waals surface area contributed by atoms with E-state index >= 15 is 0 Å². The third-order valence-corrected chi connectivity index (χ3v) is 2.54. The third-order valence-electron chi connectivity index (χ3n) is 2.13. The van der Waals surface area contributed by atoms with E-state index in [1.807, 2.05) is 6.07 Å². The highest BCUT2D eigenvalue weighted by atomic mass is 35.5. The lowest BCUT2D eigenvalue weighted by molar-refractivity contribution is 0.415. The molecule has 1 aromatic carbocycles. The Morgan fingerprint density at radius 3 is 2.93 bits per heavy atom. The van der Waals surface area contributed by atoms with Crippen molar-refractivity contribution in [2.45, 2.75) is 0 Å². The zero-order valence-electron chi connectivity index (χ0n) is 7.99. The van der Waals surface area contributed by atoms with Crippen molar-refractivity contribution in [3.05, 3.63) is 35.0 Å². The van der Waals surface area contributed by atoms with E-state index in [0.29, 0.717) is 10.6 Å². The summed E-state index contributed by atoms with van der Waals surface area (Å²) in [5, 5.41) is 9.98. The molecule has 2 aromatic rings. The van der Waals surface area contributed by atoms with E-state index in [0.717, 1.165) is 16.7 Å². The summed E-state index contributed by atoms with van der Waals surface area (Å²) < 4.78 is 5.07. The van der Waals surface area contributed by atoms with Gasteiger partial charge in [0, 0.05) is 17.6 Å². The smallest absolute Gasteiger partial charge is 0.121 e. The molecule has 0 saturated heterocycles. The van der Waals surface area contributed by atoms with Crippen LogP contribution in [0.3, 0.4) is 0 Å². The zero-order chi connectivity index (χ0) is 10.8. The number of aromatic nitrogens is 1. The maximum absolute atomic E-state index is 8.78. The minimum absolute atomic E-state index is 0.384. The predicted molar refractivity (Wildman–Crippen MR) is 58.0 cm³/mol. The van der Waals surface area contributed by atoms with Gasteiger partial charge < -0.3 is 4.74 Å². The molecule has 3 nitrogen and oxygen atoms in total. The molecule has 1 aromatic heterocycles. The second kappa shape index (κ2) is 3.76. The second-order valence-corrected chi connectivity index (χ2v) is 3.36.